The molecular formula is C24H18ClF2N3O2S. The van der Waals surface area contributed by atoms with E-state index in [-0.39, 0.29) is 30.6 Å². The van der Waals surface area contributed by atoms with Crippen LogP contribution < -0.4 is 5.32 Å². The molecule has 9 heteroatoms. The molecular weight excluding hydrogens is 468 g/mol. The zero-order valence-electron chi connectivity index (χ0n) is 17.2. The molecule has 1 unspecified atom stereocenters. The SMILES string of the molecule is O=C(Nc1ccccc1Cl)C1CC(=O)N(Cc2ccc(F)cc2)C(=Nc2ccc(F)cc2)S1. The lowest BCUT2D eigenvalue weighted by molar-refractivity contribution is -0.129. The second kappa shape index (κ2) is 10.1. The quantitative estimate of drug-likeness (QED) is 0.498. The molecule has 168 valence electrons. The minimum Gasteiger partial charge on any atom is -0.324 e. The van der Waals surface area contributed by atoms with Gasteiger partial charge in [-0.25, -0.2) is 13.8 Å². The van der Waals surface area contributed by atoms with Crippen LogP contribution >= 0.6 is 23.4 Å². The predicted molar refractivity (Wildman–Crippen MR) is 127 cm³/mol. The number of hydrogen-bond acceptors (Lipinski definition) is 4. The number of carbonyl (C=O) groups excluding carboxylic acids is 2. The first-order chi connectivity index (χ1) is 15.9. The van der Waals surface area contributed by atoms with Crippen LogP contribution in [0.4, 0.5) is 20.2 Å². The molecule has 0 aliphatic carbocycles. The number of nitrogens with zero attached hydrogens (tertiary/aromatic N) is 2. The summed E-state index contributed by atoms with van der Waals surface area (Å²) in [6.45, 7) is 0.158. The zero-order chi connectivity index (χ0) is 23.4. The number of aliphatic imine (C=N–C) groups is 1. The van der Waals surface area contributed by atoms with Crippen molar-refractivity contribution >= 4 is 51.7 Å². The van der Waals surface area contributed by atoms with Crippen molar-refractivity contribution < 1.29 is 18.4 Å². The summed E-state index contributed by atoms with van der Waals surface area (Å²) in [6.07, 6.45) is -0.0510. The van der Waals surface area contributed by atoms with Gasteiger partial charge in [-0.05, 0) is 54.1 Å². The van der Waals surface area contributed by atoms with Crippen molar-refractivity contribution in [2.45, 2.75) is 18.2 Å². The number of hydrogen-bond donors (Lipinski definition) is 1. The Morgan fingerprint density at radius 1 is 1.03 bits per heavy atom. The van der Waals surface area contributed by atoms with Crippen LogP contribution in [0.1, 0.15) is 12.0 Å². The highest BCUT2D eigenvalue weighted by atomic mass is 35.5. The molecule has 1 fully saturated rings. The normalized spacial score (nSPS) is 17.3. The van der Waals surface area contributed by atoms with Crippen molar-refractivity contribution in [1.82, 2.24) is 4.90 Å². The molecule has 1 saturated heterocycles. The largest absolute Gasteiger partial charge is 0.324 e. The van der Waals surface area contributed by atoms with E-state index in [1.807, 2.05) is 0 Å². The number of para-hydroxylation sites is 1. The molecule has 33 heavy (non-hydrogen) atoms. The van der Waals surface area contributed by atoms with Crippen molar-refractivity contribution in [3.8, 4) is 0 Å². The summed E-state index contributed by atoms with van der Waals surface area (Å²) < 4.78 is 26.6. The monoisotopic (exact) mass is 485 g/mol. The van der Waals surface area contributed by atoms with E-state index in [2.05, 4.69) is 10.3 Å². The van der Waals surface area contributed by atoms with E-state index in [0.717, 1.165) is 11.8 Å². The van der Waals surface area contributed by atoms with Gasteiger partial charge in [-0.2, -0.15) is 0 Å². The van der Waals surface area contributed by atoms with Crippen LogP contribution in [0.25, 0.3) is 0 Å². The van der Waals surface area contributed by atoms with E-state index >= 15 is 0 Å². The molecule has 1 aliphatic rings. The molecule has 4 rings (SSSR count). The Hall–Kier alpha value is -3.23. The second-order valence-corrected chi connectivity index (χ2v) is 8.83. The van der Waals surface area contributed by atoms with Crippen LogP contribution in [0, 0.1) is 11.6 Å². The Kier molecular flexibility index (Phi) is 7.05. The van der Waals surface area contributed by atoms with Gasteiger partial charge < -0.3 is 5.32 Å². The van der Waals surface area contributed by atoms with E-state index in [4.69, 9.17) is 11.6 Å². The van der Waals surface area contributed by atoms with Crippen molar-refractivity contribution in [3.05, 3.63) is 95.0 Å². The lowest BCUT2D eigenvalue weighted by Gasteiger charge is -2.32. The van der Waals surface area contributed by atoms with Crippen molar-refractivity contribution in [2.75, 3.05) is 5.32 Å². The fourth-order valence-corrected chi connectivity index (χ4v) is 4.45. The summed E-state index contributed by atoms with van der Waals surface area (Å²) in [5.74, 6) is -1.48. The number of rotatable bonds is 5. The Balaban J connectivity index is 1.60. The Labute approximate surface area is 198 Å². The zero-order valence-corrected chi connectivity index (χ0v) is 18.7. The summed E-state index contributed by atoms with van der Waals surface area (Å²) in [6, 6.07) is 18.1. The molecule has 3 aromatic carbocycles. The van der Waals surface area contributed by atoms with Crippen LogP contribution in [0.5, 0.6) is 0 Å². The third kappa shape index (κ3) is 5.77. The van der Waals surface area contributed by atoms with E-state index in [0.29, 0.717) is 27.1 Å². The molecule has 0 saturated carbocycles. The third-order valence-electron chi connectivity index (χ3n) is 4.87. The van der Waals surface area contributed by atoms with Crippen LogP contribution in [-0.2, 0) is 16.1 Å². The van der Waals surface area contributed by atoms with Gasteiger partial charge in [-0.15, -0.1) is 0 Å². The summed E-state index contributed by atoms with van der Waals surface area (Å²) in [5, 5.41) is 2.69. The highest BCUT2D eigenvalue weighted by molar-refractivity contribution is 8.15. The van der Waals surface area contributed by atoms with Crippen molar-refractivity contribution in [3.63, 3.8) is 0 Å². The minimum absolute atomic E-state index is 0.0510. The highest BCUT2D eigenvalue weighted by Crippen LogP contribution is 2.32. The van der Waals surface area contributed by atoms with Gasteiger partial charge in [0.15, 0.2) is 5.17 Å². The van der Waals surface area contributed by atoms with Crippen LogP contribution in [0.3, 0.4) is 0 Å². The minimum atomic E-state index is -0.738. The summed E-state index contributed by atoms with van der Waals surface area (Å²) in [5.41, 5.74) is 1.59. The molecule has 1 heterocycles. The van der Waals surface area contributed by atoms with E-state index in [9.17, 15) is 18.4 Å². The number of amides is 2. The lowest BCUT2D eigenvalue weighted by Crippen LogP contribution is -2.44. The second-order valence-electron chi connectivity index (χ2n) is 7.26. The summed E-state index contributed by atoms with van der Waals surface area (Å²) in [4.78, 5) is 31.9. The molecule has 0 bridgehead atoms. The molecule has 1 N–H and O–H groups in total. The van der Waals surface area contributed by atoms with E-state index < -0.39 is 11.1 Å². The molecule has 1 atom stereocenters. The topological polar surface area (TPSA) is 61.8 Å². The van der Waals surface area contributed by atoms with Crippen LogP contribution in [0.15, 0.2) is 77.8 Å². The Bertz CT molecular complexity index is 1200. The maximum atomic E-state index is 13.3. The van der Waals surface area contributed by atoms with Gasteiger partial charge in [0.05, 0.1) is 22.9 Å². The molecule has 0 aromatic heterocycles. The van der Waals surface area contributed by atoms with E-state index in [1.54, 1.807) is 36.4 Å². The average molecular weight is 486 g/mol. The maximum absolute atomic E-state index is 13.3. The number of thioether (sulfide) groups is 1. The fraction of sp³-hybridized carbons (Fsp3) is 0.125. The summed E-state index contributed by atoms with van der Waals surface area (Å²) >= 11 is 7.26. The van der Waals surface area contributed by atoms with Crippen molar-refractivity contribution in [2.24, 2.45) is 4.99 Å². The van der Waals surface area contributed by atoms with Gasteiger partial charge in [0.25, 0.3) is 0 Å². The number of benzene rings is 3. The van der Waals surface area contributed by atoms with Gasteiger partial charge in [0.1, 0.15) is 16.9 Å². The number of amidine groups is 1. The van der Waals surface area contributed by atoms with Gasteiger partial charge in [0.2, 0.25) is 11.8 Å². The first-order valence-corrected chi connectivity index (χ1v) is 11.3. The fourth-order valence-electron chi connectivity index (χ4n) is 3.17. The standard InChI is InChI=1S/C24H18ClF2N3O2S/c25-19-3-1-2-4-20(19)29-23(32)21-13-22(31)30(14-15-5-7-16(26)8-6-15)24(33-21)28-18-11-9-17(27)10-12-18/h1-12,21H,13-14H2,(H,29,32). The molecule has 0 radical (unpaired) electrons. The van der Waals surface area contributed by atoms with Gasteiger partial charge in [-0.1, -0.05) is 47.6 Å². The molecule has 0 spiro atoms. The smallest absolute Gasteiger partial charge is 0.238 e. The number of nitrogens with one attached hydrogen (secondary N) is 1. The lowest BCUT2D eigenvalue weighted by atomic mass is 10.2. The molecule has 2 amide bonds. The van der Waals surface area contributed by atoms with Crippen LogP contribution in [0.2, 0.25) is 5.02 Å². The summed E-state index contributed by atoms with van der Waals surface area (Å²) in [7, 11) is 0. The molecule has 3 aromatic rings. The first kappa shape index (κ1) is 22.9. The van der Waals surface area contributed by atoms with Gasteiger partial charge in [0, 0.05) is 6.42 Å². The number of anilines is 1. The molecule has 1 aliphatic heterocycles. The molecule has 5 nitrogen and oxygen atoms in total. The average Bonchev–Trinajstić information content (AvgIpc) is 2.80. The van der Waals surface area contributed by atoms with Gasteiger partial charge >= 0.3 is 0 Å². The van der Waals surface area contributed by atoms with Crippen molar-refractivity contribution in [1.29, 1.82) is 0 Å². The predicted octanol–water partition coefficient (Wildman–Crippen LogP) is 5.78. The Morgan fingerprint density at radius 3 is 2.33 bits per heavy atom. The van der Waals surface area contributed by atoms with E-state index in [1.165, 1.54) is 41.3 Å². The first-order valence-electron chi connectivity index (χ1n) is 10.00. The number of halogens is 3. The Morgan fingerprint density at radius 2 is 1.67 bits per heavy atom. The van der Waals surface area contributed by atoms with Gasteiger partial charge in [-0.3, -0.25) is 14.5 Å². The van der Waals surface area contributed by atoms with Crippen LogP contribution in [-0.4, -0.2) is 27.1 Å². The highest BCUT2D eigenvalue weighted by Gasteiger charge is 2.36. The third-order valence-corrected chi connectivity index (χ3v) is 6.39. The maximum Gasteiger partial charge on any atom is 0.238 e. The number of carbonyl (C=O) groups is 2.